The van der Waals surface area contributed by atoms with Crippen LogP contribution in [0, 0.1) is 0 Å². The lowest BCUT2D eigenvalue weighted by atomic mass is 10.2. The fourth-order valence-electron chi connectivity index (χ4n) is 1.40. The zero-order valence-corrected chi connectivity index (χ0v) is 11.5. The lowest BCUT2D eigenvalue weighted by molar-refractivity contribution is -0.147. The van der Waals surface area contributed by atoms with Gasteiger partial charge in [-0.25, -0.2) is 0 Å². The van der Waals surface area contributed by atoms with E-state index in [-0.39, 0.29) is 31.0 Å². The van der Waals surface area contributed by atoms with Crippen LogP contribution in [0.1, 0.15) is 24.2 Å². The van der Waals surface area contributed by atoms with Crippen LogP contribution in [-0.2, 0) is 14.3 Å². The summed E-state index contributed by atoms with van der Waals surface area (Å²) in [6.45, 7) is 2.99. The number of nitrogens with one attached hydrogen (secondary N) is 2. The van der Waals surface area contributed by atoms with E-state index in [2.05, 4.69) is 10.6 Å². The fourth-order valence-corrected chi connectivity index (χ4v) is 1.40. The van der Waals surface area contributed by atoms with Crippen molar-refractivity contribution < 1.29 is 19.1 Å². The highest BCUT2D eigenvalue weighted by molar-refractivity contribution is 5.96. The Balaban J connectivity index is 2.27. The molecule has 0 aliphatic rings. The molecular formula is C14H18N2O4. The predicted molar refractivity (Wildman–Crippen MR) is 73.0 cm³/mol. The van der Waals surface area contributed by atoms with Gasteiger partial charge in [0.2, 0.25) is 0 Å². The first-order valence-corrected chi connectivity index (χ1v) is 6.27. The molecule has 0 saturated heterocycles. The zero-order chi connectivity index (χ0) is 15.0. The van der Waals surface area contributed by atoms with Gasteiger partial charge < -0.3 is 15.4 Å². The lowest BCUT2D eigenvalue weighted by Gasteiger charge is -2.09. The Labute approximate surface area is 117 Å². The topological polar surface area (TPSA) is 84.5 Å². The summed E-state index contributed by atoms with van der Waals surface area (Å²) in [5.74, 6) is -1.40. The Kier molecular flexibility index (Phi) is 6.22. The van der Waals surface area contributed by atoms with Crippen LogP contribution in [0.15, 0.2) is 30.3 Å². The lowest BCUT2D eigenvalue weighted by Crippen LogP contribution is -2.36. The van der Waals surface area contributed by atoms with Crippen molar-refractivity contribution in [3.05, 3.63) is 35.9 Å². The Hall–Kier alpha value is -2.37. The molecule has 0 saturated carbocycles. The van der Waals surface area contributed by atoms with Gasteiger partial charge in [0.25, 0.3) is 11.8 Å². The van der Waals surface area contributed by atoms with Gasteiger partial charge in [-0.1, -0.05) is 18.2 Å². The summed E-state index contributed by atoms with van der Waals surface area (Å²) in [5, 5.41) is 5.00. The van der Waals surface area contributed by atoms with Gasteiger partial charge in [0, 0.05) is 11.6 Å². The van der Waals surface area contributed by atoms with Crippen molar-refractivity contribution in [1.82, 2.24) is 10.6 Å². The quantitative estimate of drug-likeness (QED) is 0.741. The molecule has 108 valence electrons. The first kappa shape index (κ1) is 15.7. The van der Waals surface area contributed by atoms with Crippen molar-refractivity contribution in [3.63, 3.8) is 0 Å². The van der Waals surface area contributed by atoms with Crippen molar-refractivity contribution in [3.8, 4) is 0 Å². The largest absolute Gasteiger partial charge is 0.454 e. The van der Waals surface area contributed by atoms with E-state index in [0.29, 0.717) is 5.56 Å². The average molecular weight is 278 g/mol. The number of hydrogen-bond donors (Lipinski definition) is 2. The summed E-state index contributed by atoms with van der Waals surface area (Å²) in [5.41, 5.74) is 0.456. The van der Waals surface area contributed by atoms with Gasteiger partial charge in [0.1, 0.15) is 6.54 Å². The minimum Gasteiger partial charge on any atom is -0.454 e. The standard InChI is InChI=1S/C14H18N2O4/c1-10(2)16-12(17)9-20-13(18)8-15-14(19)11-6-4-3-5-7-11/h3-7,10H,8-9H2,1-2H3,(H,15,19)(H,16,17). The van der Waals surface area contributed by atoms with Gasteiger partial charge in [-0.15, -0.1) is 0 Å². The molecule has 0 atom stereocenters. The van der Waals surface area contributed by atoms with E-state index >= 15 is 0 Å². The third kappa shape index (κ3) is 5.99. The van der Waals surface area contributed by atoms with Crippen LogP contribution in [0.3, 0.4) is 0 Å². The van der Waals surface area contributed by atoms with Crippen LogP contribution < -0.4 is 10.6 Å². The van der Waals surface area contributed by atoms with E-state index in [9.17, 15) is 14.4 Å². The van der Waals surface area contributed by atoms with Crippen LogP contribution in [0.5, 0.6) is 0 Å². The summed E-state index contributed by atoms with van der Waals surface area (Å²) in [4.78, 5) is 34.2. The molecule has 1 rings (SSSR count). The van der Waals surface area contributed by atoms with Crippen molar-refractivity contribution in [1.29, 1.82) is 0 Å². The molecule has 6 heteroatoms. The van der Waals surface area contributed by atoms with E-state index in [1.165, 1.54) is 0 Å². The fraction of sp³-hybridized carbons (Fsp3) is 0.357. The monoisotopic (exact) mass is 278 g/mol. The number of ether oxygens (including phenoxy) is 1. The highest BCUT2D eigenvalue weighted by atomic mass is 16.5. The molecule has 0 radical (unpaired) electrons. The Bertz CT molecular complexity index is 471. The molecule has 0 unspecified atom stereocenters. The summed E-state index contributed by atoms with van der Waals surface area (Å²) < 4.78 is 4.73. The zero-order valence-electron chi connectivity index (χ0n) is 11.5. The molecule has 1 aromatic carbocycles. The molecule has 1 aromatic rings. The minimum atomic E-state index is -0.659. The van der Waals surface area contributed by atoms with Crippen molar-refractivity contribution in [2.75, 3.05) is 13.2 Å². The van der Waals surface area contributed by atoms with Gasteiger partial charge in [-0.05, 0) is 26.0 Å². The minimum absolute atomic E-state index is 0.0148. The number of carbonyl (C=O) groups excluding carboxylic acids is 3. The van der Waals surface area contributed by atoms with Gasteiger partial charge in [0.05, 0.1) is 0 Å². The maximum Gasteiger partial charge on any atom is 0.325 e. The van der Waals surface area contributed by atoms with Gasteiger partial charge in [-0.3, -0.25) is 14.4 Å². The summed E-state index contributed by atoms with van der Waals surface area (Å²) >= 11 is 0. The van der Waals surface area contributed by atoms with Crippen molar-refractivity contribution >= 4 is 17.8 Å². The second kappa shape index (κ2) is 7.93. The van der Waals surface area contributed by atoms with E-state index in [1.807, 2.05) is 0 Å². The number of benzene rings is 1. The van der Waals surface area contributed by atoms with Gasteiger partial charge >= 0.3 is 5.97 Å². The maximum absolute atomic E-state index is 11.6. The number of carbonyl (C=O) groups is 3. The normalized spacial score (nSPS) is 9.95. The number of hydrogen-bond acceptors (Lipinski definition) is 4. The van der Waals surface area contributed by atoms with Crippen molar-refractivity contribution in [2.24, 2.45) is 0 Å². The SMILES string of the molecule is CC(C)NC(=O)COC(=O)CNC(=O)c1ccccc1. The molecule has 0 aliphatic carbocycles. The Morgan fingerprint density at radius 3 is 2.40 bits per heavy atom. The highest BCUT2D eigenvalue weighted by Gasteiger charge is 2.10. The van der Waals surface area contributed by atoms with Gasteiger partial charge in [-0.2, -0.15) is 0 Å². The molecule has 6 nitrogen and oxygen atoms in total. The Morgan fingerprint density at radius 1 is 1.15 bits per heavy atom. The average Bonchev–Trinajstić information content (AvgIpc) is 2.42. The molecule has 0 aromatic heterocycles. The smallest absolute Gasteiger partial charge is 0.325 e. The molecule has 0 aliphatic heterocycles. The maximum atomic E-state index is 11.6. The van der Waals surface area contributed by atoms with E-state index in [1.54, 1.807) is 44.2 Å². The second-order valence-electron chi connectivity index (χ2n) is 4.43. The molecule has 0 fully saturated rings. The number of amides is 2. The third-order valence-corrected chi connectivity index (χ3v) is 2.24. The molecule has 0 heterocycles. The van der Waals surface area contributed by atoms with E-state index in [4.69, 9.17) is 4.74 Å². The van der Waals surface area contributed by atoms with Crippen molar-refractivity contribution in [2.45, 2.75) is 19.9 Å². The summed E-state index contributed by atoms with van der Waals surface area (Å²) in [7, 11) is 0. The molecule has 2 amide bonds. The molecule has 2 N–H and O–H groups in total. The first-order valence-electron chi connectivity index (χ1n) is 6.27. The molecule has 0 bridgehead atoms. The highest BCUT2D eigenvalue weighted by Crippen LogP contribution is 1.97. The summed E-state index contributed by atoms with van der Waals surface area (Å²) in [6, 6.07) is 8.50. The molecular weight excluding hydrogens is 260 g/mol. The molecule has 0 spiro atoms. The number of esters is 1. The third-order valence-electron chi connectivity index (χ3n) is 2.24. The summed E-state index contributed by atoms with van der Waals surface area (Å²) in [6.07, 6.45) is 0. The van der Waals surface area contributed by atoms with Crippen LogP contribution in [0.2, 0.25) is 0 Å². The van der Waals surface area contributed by atoms with E-state index in [0.717, 1.165) is 0 Å². The Morgan fingerprint density at radius 2 is 1.80 bits per heavy atom. The van der Waals surface area contributed by atoms with Crippen LogP contribution in [-0.4, -0.2) is 37.0 Å². The number of rotatable bonds is 6. The van der Waals surface area contributed by atoms with Crippen LogP contribution >= 0.6 is 0 Å². The van der Waals surface area contributed by atoms with E-state index < -0.39 is 5.97 Å². The second-order valence-corrected chi connectivity index (χ2v) is 4.43. The van der Waals surface area contributed by atoms with Crippen LogP contribution in [0.4, 0.5) is 0 Å². The predicted octanol–water partition coefficient (Wildman–Crippen LogP) is 0.484. The first-order chi connectivity index (χ1) is 9.49. The molecule has 20 heavy (non-hydrogen) atoms. The van der Waals surface area contributed by atoms with Gasteiger partial charge in [0.15, 0.2) is 6.61 Å². The van der Waals surface area contributed by atoms with Crippen LogP contribution in [0.25, 0.3) is 0 Å².